The lowest BCUT2D eigenvalue weighted by atomic mass is 10.2. The van der Waals surface area contributed by atoms with E-state index in [-0.39, 0.29) is 11.3 Å². The van der Waals surface area contributed by atoms with Crippen molar-refractivity contribution in [2.24, 2.45) is 5.73 Å². The first-order valence-electron chi connectivity index (χ1n) is 3.61. The Balaban J connectivity index is 3.16. The number of nitrogens with two attached hydrogens (primary N) is 1. The summed E-state index contributed by atoms with van der Waals surface area (Å²) in [5, 5.41) is 8.68. The third-order valence-electron chi connectivity index (χ3n) is 1.33. The van der Waals surface area contributed by atoms with Crippen LogP contribution in [0.2, 0.25) is 0 Å². The van der Waals surface area contributed by atoms with Gasteiger partial charge in [0.2, 0.25) is 0 Å². The zero-order valence-electron chi connectivity index (χ0n) is 7.02. The van der Waals surface area contributed by atoms with Crippen LogP contribution in [-0.4, -0.2) is 22.0 Å². The highest BCUT2D eigenvalue weighted by molar-refractivity contribution is 5.94. The monoisotopic (exact) mass is 190 g/mol. The topological polar surface area (TPSA) is 93.3 Å². The van der Waals surface area contributed by atoms with Gasteiger partial charge < -0.3 is 10.8 Å². The first-order valence-corrected chi connectivity index (χ1v) is 3.61. The molecule has 0 aliphatic heterocycles. The summed E-state index contributed by atoms with van der Waals surface area (Å²) in [6.45, 7) is 0. The Bertz CT molecular complexity index is 443. The molecule has 5 heteroatoms. The lowest BCUT2D eigenvalue weighted by Crippen LogP contribution is -2.07. The number of carboxylic acid groups (broad SMARTS) is 1. The average molecular weight is 190 g/mol. The quantitative estimate of drug-likeness (QED) is 0.590. The Kier molecular flexibility index (Phi) is 2.82. The van der Waals surface area contributed by atoms with Crippen molar-refractivity contribution in [1.29, 1.82) is 0 Å². The van der Waals surface area contributed by atoms with Crippen LogP contribution in [0.3, 0.4) is 0 Å². The normalized spacial score (nSPS) is 8.57. The fourth-order valence-electron chi connectivity index (χ4n) is 0.806. The molecule has 0 radical (unpaired) electrons. The highest BCUT2D eigenvalue weighted by Gasteiger charge is 2.08. The van der Waals surface area contributed by atoms with Crippen LogP contribution in [0.1, 0.15) is 16.1 Å². The first-order chi connectivity index (χ1) is 6.61. The summed E-state index contributed by atoms with van der Waals surface area (Å²) in [5.74, 6) is 2.36. The Hall–Kier alpha value is -2.35. The largest absolute Gasteiger partial charge is 0.476 e. The van der Waals surface area contributed by atoms with E-state index in [9.17, 15) is 9.59 Å². The third-order valence-corrected chi connectivity index (χ3v) is 1.33. The maximum Gasteiger partial charge on any atom is 0.355 e. The van der Waals surface area contributed by atoms with Crippen molar-refractivity contribution in [2.75, 3.05) is 0 Å². The van der Waals surface area contributed by atoms with E-state index in [0.29, 0.717) is 0 Å². The summed E-state index contributed by atoms with van der Waals surface area (Å²) in [6, 6.07) is 2.98. The lowest BCUT2D eigenvalue weighted by Gasteiger charge is -1.95. The summed E-state index contributed by atoms with van der Waals surface area (Å²) in [7, 11) is 0. The lowest BCUT2D eigenvalue weighted by molar-refractivity contribution is -0.112. The number of carbonyl (C=O) groups is 2. The fraction of sp³-hybridized carbons (Fsp3) is 0. The van der Waals surface area contributed by atoms with E-state index in [0.717, 1.165) is 0 Å². The summed E-state index contributed by atoms with van der Waals surface area (Å²) >= 11 is 0. The molecule has 0 unspecified atom stereocenters. The van der Waals surface area contributed by atoms with Crippen LogP contribution < -0.4 is 5.73 Å². The number of nitrogens with zero attached hydrogens (tertiary/aromatic N) is 1. The van der Waals surface area contributed by atoms with Gasteiger partial charge in [0.05, 0.1) is 5.56 Å². The van der Waals surface area contributed by atoms with E-state index in [1.165, 1.54) is 18.3 Å². The van der Waals surface area contributed by atoms with Crippen molar-refractivity contribution < 1.29 is 14.7 Å². The molecule has 0 bridgehead atoms. The van der Waals surface area contributed by atoms with E-state index in [2.05, 4.69) is 10.9 Å². The summed E-state index contributed by atoms with van der Waals surface area (Å²) in [4.78, 5) is 24.6. The number of pyridine rings is 1. The maximum atomic E-state index is 10.6. The molecule has 1 amide bonds. The highest BCUT2D eigenvalue weighted by Crippen LogP contribution is 2.02. The maximum absolute atomic E-state index is 10.6. The van der Waals surface area contributed by atoms with Crippen LogP contribution in [0.15, 0.2) is 18.3 Å². The molecule has 1 aromatic heterocycles. The Morgan fingerprint density at radius 2 is 2.21 bits per heavy atom. The van der Waals surface area contributed by atoms with Crippen LogP contribution in [0, 0.1) is 11.8 Å². The molecule has 1 aromatic rings. The van der Waals surface area contributed by atoms with Gasteiger partial charge in [-0.3, -0.25) is 4.79 Å². The van der Waals surface area contributed by atoms with Crippen molar-refractivity contribution in [3.63, 3.8) is 0 Å². The Morgan fingerprint density at radius 1 is 1.50 bits per heavy atom. The van der Waals surface area contributed by atoms with Gasteiger partial charge in [-0.25, -0.2) is 9.78 Å². The molecule has 0 aliphatic carbocycles. The van der Waals surface area contributed by atoms with Gasteiger partial charge in [-0.05, 0) is 12.1 Å². The van der Waals surface area contributed by atoms with E-state index >= 15 is 0 Å². The van der Waals surface area contributed by atoms with Gasteiger partial charge in [0.25, 0.3) is 5.91 Å². The molecule has 0 aliphatic rings. The second-order valence-corrected chi connectivity index (χ2v) is 2.32. The average Bonchev–Trinajstić information content (AvgIpc) is 2.15. The van der Waals surface area contributed by atoms with Crippen LogP contribution in [0.4, 0.5) is 0 Å². The summed E-state index contributed by atoms with van der Waals surface area (Å²) in [6.07, 6.45) is 1.33. The molecule has 0 atom stereocenters. The predicted molar refractivity (Wildman–Crippen MR) is 47.3 cm³/mol. The molecular weight excluding hydrogens is 184 g/mol. The molecule has 5 nitrogen and oxygen atoms in total. The molecule has 0 saturated heterocycles. The number of aromatic nitrogens is 1. The molecule has 0 fully saturated rings. The van der Waals surface area contributed by atoms with Gasteiger partial charge in [0.15, 0.2) is 5.69 Å². The predicted octanol–water partition coefficient (Wildman–Crippen LogP) is -0.383. The molecular formula is C9H6N2O3. The van der Waals surface area contributed by atoms with Gasteiger partial charge >= 0.3 is 5.97 Å². The number of rotatable bonds is 1. The Morgan fingerprint density at radius 3 is 2.79 bits per heavy atom. The number of aromatic carboxylic acids is 1. The van der Waals surface area contributed by atoms with E-state index in [4.69, 9.17) is 10.8 Å². The van der Waals surface area contributed by atoms with Crippen LogP contribution >= 0.6 is 0 Å². The second-order valence-electron chi connectivity index (χ2n) is 2.32. The molecule has 14 heavy (non-hydrogen) atoms. The SMILES string of the molecule is NC(=O)C#Cc1cccnc1C(=O)O. The van der Waals surface area contributed by atoms with Crippen LogP contribution in [0.5, 0.6) is 0 Å². The van der Waals surface area contributed by atoms with Gasteiger partial charge in [-0.1, -0.05) is 5.92 Å². The van der Waals surface area contributed by atoms with Gasteiger partial charge in [-0.15, -0.1) is 0 Å². The van der Waals surface area contributed by atoms with Crippen LogP contribution in [-0.2, 0) is 4.79 Å². The third kappa shape index (κ3) is 2.32. The first kappa shape index (κ1) is 9.74. The molecule has 1 heterocycles. The van der Waals surface area contributed by atoms with E-state index < -0.39 is 11.9 Å². The van der Waals surface area contributed by atoms with Crippen molar-refractivity contribution in [3.8, 4) is 11.8 Å². The molecule has 70 valence electrons. The number of amides is 1. The molecule has 0 spiro atoms. The molecule has 3 N–H and O–H groups in total. The van der Waals surface area contributed by atoms with Gasteiger partial charge in [-0.2, -0.15) is 0 Å². The standard InChI is InChI=1S/C9H6N2O3/c10-7(12)4-3-6-2-1-5-11-8(6)9(13)14/h1-2,5H,(H2,10,12)(H,13,14). The fourth-order valence-corrected chi connectivity index (χ4v) is 0.806. The van der Waals surface area contributed by atoms with Gasteiger partial charge in [0, 0.05) is 12.1 Å². The number of primary amides is 1. The number of hydrogen-bond acceptors (Lipinski definition) is 3. The van der Waals surface area contributed by atoms with Crippen molar-refractivity contribution in [2.45, 2.75) is 0 Å². The van der Waals surface area contributed by atoms with E-state index in [1.807, 2.05) is 5.92 Å². The molecule has 1 rings (SSSR count). The van der Waals surface area contributed by atoms with Gasteiger partial charge in [0.1, 0.15) is 0 Å². The summed E-state index contributed by atoms with van der Waals surface area (Å²) < 4.78 is 0. The van der Waals surface area contributed by atoms with Crippen molar-refractivity contribution in [3.05, 3.63) is 29.6 Å². The highest BCUT2D eigenvalue weighted by atomic mass is 16.4. The Labute approximate surface area is 79.6 Å². The minimum atomic E-state index is -1.20. The van der Waals surface area contributed by atoms with Crippen molar-refractivity contribution in [1.82, 2.24) is 4.98 Å². The number of carbonyl (C=O) groups excluding carboxylic acids is 1. The smallest absolute Gasteiger partial charge is 0.355 e. The zero-order valence-corrected chi connectivity index (χ0v) is 7.02. The zero-order chi connectivity index (χ0) is 10.6. The number of carboxylic acids is 1. The van der Waals surface area contributed by atoms with Crippen LogP contribution in [0.25, 0.3) is 0 Å². The number of hydrogen-bond donors (Lipinski definition) is 2. The molecule has 0 saturated carbocycles. The van der Waals surface area contributed by atoms with E-state index in [1.54, 1.807) is 0 Å². The minimum Gasteiger partial charge on any atom is -0.476 e. The summed E-state index contributed by atoms with van der Waals surface area (Å²) in [5.41, 5.74) is 4.76. The minimum absolute atomic E-state index is 0.166. The van der Waals surface area contributed by atoms with Crippen molar-refractivity contribution >= 4 is 11.9 Å². The molecule has 0 aromatic carbocycles. The second kappa shape index (κ2) is 4.05.